The summed E-state index contributed by atoms with van der Waals surface area (Å²) in [5, 5.41) is 0.947. The lowest BCUT2D eigenvalue weighted by molar-refractivity contribution is 0.105. The molecule has 0 saturated carbocycles. The zero-order valence-electron chi connectivity index (χ0n) is 12.1. The molecule has 21 heavy (non-hydrogen) atoms. The minimum Gasteiger partial charge on any atom is -0.350 e. The molecular formula is C19H15NO. The molecule has 2 heteroatoms. The van der Waals surface area contributed by atoms with Crippen molar-refractivity contribution in [2.45, 2.75) is 6.92 Å². The van der Waals surface area contributed by atoms with Gasteiger partial charge in [-0.3, -0.25) is 4.79 Å². The van der Waals surface area contributed by atoms with E-state index in [1.165, 1.54) is 5.56 Å². The summed E-state index contributed by atoms with van der Waals surface area (Å²) in [5.74, 6) is 5.53. The van der Waals surface area contributed by atoms with Crippen LogP contribution in [0.5, 0.6) is 0 Å². The fraction of sp³-hybridized carbons (Fsp3) is 0.105. The summed E-state index contributed by atoms with van der Waals surface area (Å²) in [6, 6.07) is 15.7. The Bertz CT molecular complexity index is 873. The van der Waals surface area contributed by atoms with E-state index in [1.54, 1.807) is 0 Å². The molecule has 0 atom stereocenters. The van der Waals surface area contributed by atoms with Crippen molar-refractivity contribution in [1.29, 1.82) is 0 Å². The number of hydrogen-bond donors (Lipinski definition) is 0. The molecule has 102 valence electrons. The van der Waals surface area contributed by atoms with Gasteiger partial charge >= 0.3 is 0 Å². The molecule has 0 spiro atoms. The number of hydrogen-bond acceptors (Lipinski definition) is 1. The van der Waals surface area contributed by atoms with Crippen LogP contribution in [0.25, 0.3) is 10.9 Å². The third-order valence-electron chi connectivity index (χ3n) is 3.51. The maximum Gasteiger partial charge on any atom is 0.238 e. The number of fused-ring (bicyclic) bond motifs is 1. The van der Waals surface area contributed by atoms with Crippen LogP contribution < -0.4 is 0 Å². The Labute approximate surface area is 124 Å². The number of benzene rings is 2. The third-order valence-corrected chi connectivity index (χ3v) is 3.51. The van der Waals surface area contributed by atoms with Crippen LogP contribution in [0, 0.1) is 18.8 Å². The molecule has 0 fully saturated rings. The van der Waals surface area contributed by atoms with Gasteiger partial charge < -0.3 is 4.57 Å². The predicted octanol–water partition coefficient (Wildman–Crippen LogP) is 3.72. The van der Waals surface area contributed by atoms with Crippen LogP contribution >= 0.6 is 0 Å². The van der Waals surface area contributed by atoms with E-state index in [2.05, 4.69) is 11.8 Å². The van der Waals surface area contributed by atoms with E-state index in [0.717, 1.165) is 16.5 Å². The first-order valence-electron chi connectivity index (χ1n) is 6.82. The van der Waals surface area contributed by atoms with Gasteiger partial charge in [-0.25, -0.2) is 0 Å². The molecular weight excluding hydrogens is 258 g/mol. The average molecular weight is 273 g/mol. The van der Waals surface area contributed by atoms with Crippen LogP contribution in [-0.2, 0) is 7.05 Å². The summed E-state index contributed by atoms with van der Waals surface area (Å²) >= 11 is 0. The second-order valence-corrected chi connectivity index (χ2v) is 5.12. The van der Waals surface area contributed by atoms with E-state index < -0.39 is 0 Å². The Balaban J connectivity index is 1.97. The summed E-state index contributed by atoms with van der Waals surface area (Å²) in [7, 11) is 1.94. The molecule has 1 heterocycles. The van der Waals surface area contributed by atoms with Gasteiger partial charge in [0, 0.05) is 29.7 Å². The van der Waals surface area contributed by atoms with Gasteiger partial charge in [0.2, 0.25) is 5.78 Å². The highest BCUT2D eigenvalue weighted by molar-refractivity contribution is 6.16. The lowest BCUT2D eigenvalue weighted by Gasteiger charge is -1.93. The summed E-state index contributed by atoms with van der Waals surface area (Å²) in [5.41, 5.74) is 3.74. The SMILES string of the molecule is Cc1ccc(C#CC(=O)c2cn(C)c3ccccc23)cc1. The minimum absolute atomic E-state index is 0.146. The van der Waals surface area contributed by atoms with E-state index in [0.29, 0.717) is 5.56 Å². The van der Waals surface area contributed by atoms with Crippen LogP contribution in [0.1, 0.15) is 21.5 Å². The van der Waals surface area contributed by atoms with E-state index in [1.807, 2.05) is 73.3 Å². The Morgan fingerprint density at radius 2 is 1.76 bits per heavy atom. The number of aryl methyl sites for hydroxylation is 2. The molecule has 0 saturated heterocycles. The molecule has 3 aromatic rings. The van der Waals surface area contributed by atoms with Gasteiger partial charge in [-0.05, 0) is 31.0 Å². The Hall–Kier alpha value is -2.79. The quantitative estimate of drug-likeness (QED) is 0.489. The van der Waals surface area contributed by atoms with Crippen molar-refractivity contribution < 1.29 is 4.79 Å². The Kier molecular flexibility index (Phi) is 3.33. The van der Waals surface area contributed by atoms with Gasteiger partial charge in [-0.2, -0.15) is 0 Å². The first kappa shape index (κ1) is 13.2. The maximum atomic E-state index is 12.3. The molecule has 0 N–H and O–H groups in total. The summed E-state index contributed by atoms with van der Waals surface area (Å²) in [6.07, 6.45) is 1.84. The molecule has 0 aliphatic rings. The first-order valence-corrected chi connectivity index (χ1v) is 6.82. The Morgan fingerprint density at radius 3 is 2.52 bits per heavy atom. The highest BCUT2D eigenvalue weighted by Gasteiger charge is 2.11. The number of aromatic nitrogens is 1. The number of rotatable bonds is 1. The smallest absolute Gasteiger partial charge is 0.238 e. The summed E-state index contributed by atoms with van der Waals surface area (Å²) < 4.78 is 1.95. The second kappa shape index (κ2) is 5.30. The predicted molar refractivity (Wildman–Crippen MR) is 85.3 cm³/mol. The van der Waals surface area contributed by atoms with Crippen molar-refractivity contribution in [3.8, 4) is 11.8 Å². The van der Waals surface area contributed by atoms with Crippen LogP contribution in [0.2, 0.25) is 0 Å². The number of ketones is 1. The maximum absolute atomic E-state index is 12.3. The number of para-hydroxylation sites is 1. The molecule has 0 unspecified atom stereocenters. The van der Waals surface area contributed by atoms with Crippen LogP contribution in [0.4, 0.5) is 0 Å². The fourth-order valence-electron chi connectivity index (χ4n) is 2.36. The number of Topliss-reactive ketones (excluding diaryl/α,β-unsaturated/α-hetero) is 1. The van der Waals surface area contributed by atoms with Crippen molar-refractivity contribution in [2.24, 2.45) is 7.05 Å². The molecule has 0 aliphatic heterocycles. The molecule has 1 aromatic heterocycles. The van der Waals surface area contributed by atoms with Crippen molar-refractivity contribution in [2.75, 3.05) is 0 Å². The standard InChI is InChI=1S/C19H15NO/c1-14-7-9-15(10-8-14)11-12-19(21)17-13-20(2)18-6-4-3-5-16(17)18/h3-10,13H,1-2H3. The monoisotopic (exact) mass is 273 g/mol. The lowest BCUT2D eigenvalue weighted by Crippen LogP contribution is -1.93. The van der Waals surface area contributed by atoms with E-state index in [9.17, 15) is 4.79 Å². The summed E-state index contributed by atoms with van der Waals surface area (Å²) in [6.45, 7) is 2.03. The zero-order chi connectivity index (χ0) is 14.8. The highest BCUT2D eigenvalue weighted by atomic mass is 16.1. The highest BCUT2D eigenvalue weighted by Crippen LogP contribution is 2.20. The largest absolute Gasteiger partial charge is 0.350 e. The second-order valence-electron chi connectivity index (χ2n) is 5.12. The van der Waals surface area contributed by atoms with Gasteiger partial charge in [-0.15, -0.1) is 0 Å². The van der Waals surface area contributed by atoms with Gasteiger partial charge in [0.15, 0.2) is 0 Å². The van der Waals surface area contributed by atoms with Crippen molar-refractivity contribution in [3.63, 3.8) is 0 Å². The minimum atomic E-state index is -0.146. The molecule has 0 radical (unpaired) electrons. The lowest BCUT2D eigenvalue weighted by atomic mass is 10.1. The molecule has 2 nitrogen and oxygen atoms in total. The van der Waals surface area contributed by atoms with Crippen LogP contribution in [0.3, 0.4) is 0 Å². The van der Waals surface area contributed by atoms with Crippen LogP contribution in [0.15, 0.2) is 54.7 Å². The van der Waals surface area contributed by atoms with Gasteiger partial charge in [0.1, 0.15) is 0 Å². The third kappa shape index (κ3) is 2.59. The van der Waals surface area contributed by atoms with E-state index >= 15 is 0 Å². The number of carbonyl (C=O) groups excluding carboxylic acids is 1. The molecule has 0 amide bonds. The normalized spacial score (nSPS) is 10.2. The molecule has 0 aliphatic carbocycles. The number of nitrogens with zero attached hydrogens (tertiary/aromatic N) is 1. The molecule has 3 rings (SSSR count). The van der Waals surface area contributed by atoms with Crippen molar-refractivity contribution in [1.82, 2.24) is 4.57 Å². The molecule has 0 bridgehead atoms. The zero-order valence-corrected chi connectivity index (χ0v) is 12.1. The molecule has 2 aromatic carbocycles. The average Bonchev–Trinajstić information content (AvgIpc) is 2.84. The fourth-order valence-corrected chi connectivity index (χ4v) is 2.36. The first-order chi connectivity index (χ1) is 10.1. The van der Waals surface area contributed by atoms with E-state index in [4.69, 9.17) is 0 Å². The van der Waals surface area contributed by atoms with Gasteiger partial charge in [-0.1, -0.05) is 41.8 Å². The van der Waals surface area contributed by atoms with Gasteiger partial charge in [0.25, 0.3) is 0 Å². The topological polar surface area (TPSA) is 22.0 Å². The summed E-state index contributed by atoms with van der Waals surface area (Å²) in [4.78, 5) is 12.3. The number of carbonyl (C=O) groups is 1. The van der Waals surface area contributed by atoms with Gasteiger partial charge in [0.05, 0.1) is 5.56 Å². The van der Waals surface area contributed by atoms with E-state index in [-0.39, 0.29) is 5.78 Å². The Morgan fingerprint density at radius 1 is 1.05 bits per heavy atom. The van der Waals surface area contributed by atoms with Crippen molar-refractivity contribution in [3.05, 3.63) is 71.4 Å². The van der Waals surface area contributed by atoms with Crippen molar-refractivity contribution >= 4 is 16.7 Å². The van der Waals surface area contributed by atoms with Crippen LogP contribution in [-0.4, -0.2) is 10.4 Å².